The second-order valence-corrected chi connectivity index (χ2v) is 5.76. The summed E-state index contributed by atoms with van der Waals surface area (Å²) < 4.78 is 0.827. The Morgan fingerprint density at radius 1 is 1.42 bits per heavy atom. The number of aromatic nitrogens is 1. The van der Waals surface area contributed by atoms with Gasteiger partial charge in [-0.15, -0.1) is 0 Å². The molecule has 19 heavy (non-hydrogen) atoms. The van der Waals surface area contributed by atoms with Crippen LogP contribution in [0.1, 0.15) is 42.6 Å². The number of hydrogen-bond acceptors (Lipinski definition) is 3. The Kier molecular flexibility index (Phi) is 4.92. The number of carbonyl (C=O) groups is 1. The number of pyridine rings is 1. The SMILES string of the molecule is N#CC(NC(=O)c1ccc(Br)cn1)C1CCCCC1. The van der Waals surface area contributed by atoms with Gasteiger partial charge in [0.15, 0.2) is 0 Å². The van der Waals surface area contributed by atoms with Crippen LogP contribution in [0, 0.1) is 17.2 Å². The van der Waals surface area contributed by atoms with Crippen LogP contribution >= 0.6 is 15.9 Å². The summed E-state index contributed by atoms with van der Waals surface area (Å²) in [6, 6.07) is 5.23. The standard InChI is InChI=1S/C14H16BrN3O/c15-11-6-7-12(17-9-11)14(19)18-13(8-16)10-4-2-1-3-5-10/h6-7,9-10,13H,1-5H2,(H,18,19). The van der Waals surface area contributed by atoms with Crippen LogP contribution in [0.5, 0.6) is 0 Å². The first-order valence-corrected chi connectivity index (χ1v) is 7.32. The van der Waals surface area contributed by atoms with Crippen molar-refractivity contribution in [3.8, 4) is 6.07 Å². The van der Waals surface area contributed by atoms with Crippen LogP contribution in [0.25, 0.3) is 0 Å². The summed E-state index contributed by atoms with van der Waals surface area (Å²) in [5, 5.41) is 12.0. The van der Waals surface area contributed by atoms with Crippen LogP contribution in [-0.4, -0.2) is 16.9 Å². The highest BCUT2D eigenvalue weighted by molar-refractivity contribution is 9.10. The van der Waals surface area contributed by atoms with Crippen molar-refractivity contribution in [2.24, 2.45) is 5.92 Å². The van der Waals surface area contributed by atoms with Gasteiger partial charge < -0.3 is 5.32 Å². The summed E-state index contributed by atoms with van der Waals surface area (Å²) in [6.45, 7) is 0. The minimum absolute atomic E-state index is 0.273. The summed E-state index contributed by atoms with van der Waals surface area (Å²) in [7, 11) is 0. The third kappa shape index (κ3) is 3.77. The molecule has 0 spiro atoms. The van der Waals surface area contributed by atoms with Crippen LogP contribution in [-0.2, 0) is 0 Å². The number of halogens is 1. The Balaban J connectivity index is 1.99. The Hall–Kier alpha value is -1.41. The molecule has 1 heterocycles. The van der Waals surface area contributed by atoms with E-state index < -0.39 is 6.04 Å². The molecular weight excluding hydrogens is 306 g/mol. The van der Waals surface area contributed by atoms with E-state index in [9.17, 15) is 10.1 Å². The highest BCUT2D eigenvalue weighted by Gasteiger charge is 2.25. The van der Waals surface area contributed by atoms with Crippen molar-refractivity contribution in [3.63, 3.8) is 0 Å². The van der Waals surface area contributed by atoms with Gasteiger partial charge in [-0.25, -0.2) is 4.98 Å². The van der Waals surface area contributed by atoms with Gasteiger partial charge in [0, 0.05) is 10.7 Å². The summed E-state index contributed by atoms with van der Waals surface area (Å²) in [5.74, 6) is 0.00257. The fourth-order valence-corrected chi connectivity index (χ4v) is 2.68. The molecule has 0 aliphatic heterocycles. The first-order valence-electron chi connectivity index (χ1n) is 6.53. The largest absolute Gasteiger partial charge is 0.335 e. The highest BCUT2D eigenvalue weighted by Crippen LogP contribution is 2.26. The van der Waals surface area contributed by atoms with Gasteiger partial charge in [-0.3, -0.25) is 4.79 Å². The van der Waals surface area contributed by atoms with Gasteiger partial charge in [-0.2, -0.15) is 5.26 Å². The normalized spacial score (nSPS) is 17.5. The van der Waals surface area contributed by atoms with Crippen LogP contribution < -0.4 is 5.32 Å². The third-order valence-electron chi connectivity index (χ3n) is 3.51. The number of carbonyl (C=O) groups excluding carboxylic acids is 1. The lowest BCUT2D eigenvalue weighted by Gasteiger charge is -2.26. The number of amides is 1. The fourth-order valence-electron chi connectivity index (χ4n) is 2.45. The zero-order chi connectivity index (χ0) is 13.7. The zero-order valence-corrected chi connectivity index (χ0v) is 12.2. The second-order valence-electron chi connectivity index (χ2n) is 4.84. The van der Waals surface area contributed by atoms with Crippen LogP contribution in [0.2, 0.25) is 0 Å². The van der Waals surface area contributed by atoms with Crippen molar-refractivity contribution in [2.45, 2.75) is 38.1 Å². The highest BCUT2D eigenvalue weighted by atomic mass is 79.9. The van der Waals surface area contributed by atoms with E-state index >= 15 is 0 Å². The van der Waals surface area contributed by atoms with Crippen molar-refractivity contribution in [3.05, 3.63) is 28.5 Å². The maximum atomic E-state index is 12.0. The predicted molar refractivity (Wildman–Crippen MR) is 75.4 cm³/mol. The molecule has 100 valence electrons. The Labute approximate surface area is 121 Å². The predicted octanol–water partition coefficient (Wildman–Crippen LogP) is 3.05. The number of nitrogens with one attached hydrogen (secondary N) is 1. The van der Waals surface area contributed by atoms with Gasteiger partial charge in [0.1, 0.15) is 11.7 Å². The molecule has 0 saturated heterocycles. The molecule has 0 bridgehead atoms. The van der Waals surface area contributed by atoms with E-state index in [4.69, 9.17) is 0 Å². The van der Waals surface area contributed by atoms with Gasteiger partial charge in [0.25, 0.3) is 5.91 Å². The molecule has 1 fully saturated rings. The molecule has 1 aromatic heterocycles. The van der Waals surface area contributed by atoms with Crippen LogP contribution in [0.3, 0.4) is 0 Å². The number of hydrogen-bond donors (Lipinski definition) is 1. The number of rotatable bonds is 3. The third-order valence-corrected chi connectivity index (χ3v) is 3.98. The lowest BCUT2D eigenvalue weighted by Crippen LogP contribution is -2.40. The molecule has 1 aliphatic carbocycles. The van der Waals surface area contributed by atoms with Crippen molar-refractivity contribution in [1.29, 1.82) is 5.26 Å². The average Bonchev–Trinajstić information content (AvgIpc) is 2.46. The molecule has 1 N–H and O–H groups in total. The molecule has 2 rings (SSSR count). The monoisotopic (exact) mass is 321 g/mol. The summed E-state index contributed by atoms with van der Waals surface area (Å²) >= 11 is 3.28. The van der Waals surface area contributed by atoms with Crippen molar-refractivity contribution < 1.29 is 4.79 Å². The van der Waals surface area contributed by atoms with Gasteiger partial charge in [0.05, 0.1) is 6.07 Å². The Morgan fingerprint density at radius 3 is 2.74 bits per heavy atom. The molecule has 1 atom stereocenters. The minimum atomic E-state index is -0.404. The van der Waals surface area contributed by atoms with Gasteiger partial charge in [-0.05, 0) is 46.8 Å². The molecule has 1 aromatic rings. The van der Waals surface area contributed by atoms with E-state index in [-0.39, 0.29) is 11.8 Å². The summed E-state index contributed by atoms with van der Waals surface area (Å²) in [5.41, 5.74) is 0.347. The summed E-state index contributed by atoms with van der Waals surface area (Å²) in [4.78, 5) is 16.1. The first kappa shape index (κ1) is 14.0. The molecule has 1 aliphatic rings. The molecule has 5 heteroatoms. The number of nitriles is 1. The topological polar surface area (TPSA) is 65.8 Å². The molecule has 0 radical (unpaired) electrons. The van der Waals surface area contributed by atoms with E-state index in [0.29, 0.717) is 5.69 Å². The minimum Gasteiger partial charge on any atom is -0.335 e. The van der Waals surface area contributed by atoms with Gasteiger partial charge >= 0.3 is 0 Å². The van der Waals surface area contributed by atoms with Crippen molar-refractivity contribution >= 4 is 21.8 Å². The van der Waals surface area contributed by atoms with Crippen molar-refractivity contribution in [2.75, 3.05) is 0 Å². The molecule has 1 saturated carbocycles. The first-order chi connectivity index (χ1) is 9.20. The van der Waals surface area contributed by atoms with E-state index in [1.165, 1.54) is 6.42 Å². The van der Waals surface area contributed by atoms with E-state index in [0.717, 1.165) is 30.2 Å². The van der Waals surface area contributed by atoms with Gasteiger partial charge in [-0.1, -0.05) is 19.3 Å². The summed E-state index contributed by atoms with van der Waals surface area (Å²) in [6.07, 6.45) is 7.15. The van der Waals surface area contributed by atoms with Gasteiger partial charge in [0.2, 0.25) is 0 Å². The van der Waals surface area contributed by atoms with Crippen molar-refractivity contribution in [1.82, 2.24) is 10.3 Å². The van der Waals surface area contributed by atoms with E-state index in [2.05, 4.69) is 32.3 Å². The Bertz CT molecular complexity index is 474. The smallest absolute Gasteiger partial charge is 0.270 e. The maximum absolute atomic E-state index is 12.0. The molecular formula is C14H16BrN3O. The maximum Gasteiger partial charge on any atom is 0.270 e. The molecule has 0 aromatic carbocycles. The van der Waals surface area contributed by atoms with E-state index in [1.807, 2.05) is 0 Å². The lowest BCUT2D eigenvalue weighted by molar-refractivity contribution is 0.0924. The Morgan fingerprint density at radius 2 is 2.16 bits per heavy atom. The number of nitrogens with zero attached hydrogens (tertiary/aromatic N) is 2. The fraction of sp³-hybridized carbons (Fsp3) is 0.500. The quantitative estimate of drug-likeness (QED) is 0.930. The average molecular weight is 322 g/mol. The lowest BCUT2D eigenvalue weighted by atomic mass is 9.84. The van der Waals surface area contributed by atoms with Crippen LogP contribution in [0.4, 0.5) is 0 Å². The molecule has 4 nitrogen and oxygen atoms in total. The van der Waals surface area contributed by atoms with Crippen LogP contribution in [0.15, 0.2) is 22.8 Å². The molecule has 1 unspecified atom stereocenters. The molecule has 1 amide bonds. The second kappa shape index (κ2) is 6.67. The zero-order valence-electron chi connectivity index (χ0n) is 10.6. The van der Waals surface area contributed by atoms with E-state index in [1.54, 1.807) is 18.3 Å².